The molecule has 5 heteroatoms. The maximum absolute atomic E-state index is 13.0. The molecule has 0 aliphatic carbocycles. The molecule has 2 aromatic rings. The summed E-state index contributed by atoms with van der Waals surface area (Å²) in [7, 11) is 1.63. The van der Waals surface area contributed by atoms with Crippen LogP contribution in [0.25, 0.3) is 0 Å². The van der Waals surface area contributed by atoms with Gasteiger partial charge in [-0.2, -0.15) is 0 Å². The van der Waals surface area contributed by atoms with Crippen molar-refractivity contribution in [2.45, 2.75) is 26.5 Å². The van der Waals surface area contributed by atoms with E-state index >= 15 is 0 Å². The normalized spacial score (nSPS) is 10.7. The van der Waals surface area contributed by atoms with Crippen LogP contribution in [-0.2, 0) is 13.2 Å². The van der Waals surface area contributed by atoms with Crippen LogP contribution < -0.4 is 20.1 Å². The fraction of sp³-hybridized carbons (Fsp3) is 0.400. The van der Waals surface area contributed by atoms with E-state index in [-0.39, 0.29) is 5.82 Å². The molecule has 0 fully saturated rings. The molecule has 0 bridgehead atoms. The number of benzene rings is 2. The van der Waals surface area contributed by atoms with Crippen molar-refractivity contribution >= 4 is 0 Å². The Labute approximate surface area is 149 Å². The summed E-state index contributed by atoms with van der Waals surface area (Å²) < 4.78 is 24.4. The summed E-state index contributed by atoms with van der Waals surface area (Å²) in [6, 6.07) is 12.2. The molecule has 2 aromatic carbocycles. The van der Waals surface area contributed by atoms with Gasteiger partial charge in [0.25, 0.3) is 0 Å². The molecule has 4 nitrogen and oxygen atoms in total. The zero-order chi connectivity index (χ0) is 17.9. The number of methoxy groups -OCH3 is 1. The highest BCUT2D eigenvalue weighted by Gasteiger charge is 2.10. The van der Waals surface area contributed by atoms with Gasteiger partial charge in [-0.05, 0) is 49.8 Å². The first-order chi connectivity index (χ1) is 12.2. The van der Waals surface area contributed by atoms with E-state index in [2.05, 4.69) is 17.6 Å². The van der Waals surface area contributed by atoms with E-state index in [9.17, 15) is 4.39 Å². The molecule has 0 aromatic heterocycles. The summed E-state index contributed by atoms with van der Waals surface area (Å²) in [5, 5.41) is 6.74. The summed E-state index contributed by atoms with van der Waals surface area (Å²) in [6.45, 7) is 6.12. The molecule has 2 rings (SSSR count). The van der Waals surface area contributed by atoms with Crippen molar-refractivity contribution in [3.05, 3.63) is 59.4 Å². The number of hydrogen-bond donors (Lipinski definition) is 2. The topological polar surface area (TPSA) is 42.5 Å². The molecule has 0 aliphatic rings. The Bertz CT molecular complexity index is 632. The first kappa shape index (κ1) is 19.2. The average molecular weight is 346 g/mol. The molecular formula is C20H27FN2O2. The van der Waals surface area contributed by atoms with E-state index in [1.807, 2.05) is 18.2 Å². The van der Waals surface area contributed by atoms with Crippen LogP contribution in [0.3, 0.4) is 0 Å². The van der Waals surface area contributed by atoms with Gasteiger partial charge in [0.05, 0.1) is 7.11 Å². The van der Waals surface area contributed by atoms with E-state index < -0.39 is 0 Å². The first-order valence-electron chi connectivity index (χ1n) is 8.69. The maximum atomic E-state index is 13.0. The Morgan fingerprint density at radius 3 is 2.48 bits per heavy atom. The van der Waals surface area contributed by atoms with Crippen LogP contribution in [0.2, 0.25) is 0 Å². The minimum Gasteiger partial charge on any atom is -0.493 e. The van der Waals surface area contributed by atoms with E-state index in [0.29, 0.717) is 18.9 Å². The third-order valence-corrected chi connectivity index (χ3v) is 3.85. The second-order valence-electron chi connectivity index (χ2n) is 5.75. The highest BCUT2D eigenvalue weighted by molar-refractivity contribution is 5.46. The van der Waals surface area contributed by atoms with Gasteiger partial charge in [-0.1, -0.05) is 31.2 Å². The highest BCUT2D eigenvalue weighted by Crippen LogP contribution is 2.31. The van der Waals surface area contributed by atoms with Gasteiger partial charge in [-0.25, -0.2) is 4.39 Å². The van der Waals surface area contributed by atoms with Crippen LogP contribution >= 0.6 is 0 Å². The largest absolute Gasteiger partial charge is 0.493 e. The average Bonchev–Trinajstić information content (AvgIpc) is 2.64. The van der Waals surface area contributed by atoms with Crippen LogP contribution in [0, 0.1) is 5.82 Å². The maximum Gasteiger partial charge on any atom is 0.166 e. The summed E-state index contributed by atoms with van der Waals surface area (Å²) in [5.74, 6) is 1.19. The first-order valence-corrected chi connectivity index (χ1v) is 8.69. The van der Waals surface area contributed by atoms with Gasteiger partial charge in [-0.15, -0.1) is 0 Å². The van der Waals surface area contributed by atoms with Crippen LogP contribution in [-0.4, -0.2) is 26.7 Å². The van der Waals surface area contributed by atoms with Gasteiger partial charge in [-0.3, -0.25) is 0 Å². The molecule has 0 aliphatic heterocycles. The molecule has 0 unspecified atom stereocenters. The fourth-order valence-electron chi connectivity index (χ4n) is 2.50. The predicted octanol–water partition coefficient (Wildman–Crippen LogP) is 3.50. The lowest BCUT2D eigenvalue weighted by Crippen LogP contribution is -2.21. The molecule has 0 heterocycles. The number of nitrogens with one attached hydrogen (secondary N) is 2. The monoisotopic (exact) mass is 346 g/mol. The van der Waals surface area contributed by atoms with Crippen molar-refractivity contribution in [2.75, 3.05) is 26.7 Å². The van der Waals surface area contributed by atoms with Crippen LogP contribution in [0.15, 0.2) is 42.5 Å². The SMILES string of the molecule is CCNCCCNCc1cccc(OC)c1OCc1ccc(F)cc1. The zero-order valence-corrected chi connectivity index (χ0v) is 15.0. The number of rotatable bonds is 11. The molecule has 0 amide bonds. The van der Waals surface area contributed by atoms with Crippen molar-refractivity contribution in [3.8, 4) is 11.5 Å². The Morgan fingerprint density at radius 2 is 1.76 bits per heavy atom. The molecule has 0 saturated heterocycles. The molecule has 0 saturated carbocycles. The zero-order valence-electron chi connectivity index (χ0n) is 15.0. The quantitative estimate of drug-likeness (QED) is 0.611. The van der Waals surface area contributed by atoms with E-state index in [0.717, 1.165) is 42.9 Å². The fourth-order valence-corrected chi connectivity index (χ4v) is 2.50. The molecular weight excluding hydrogens is 319 g/mol. The third-order valence-electron chi connectivity index (χ3n) is 3.85. The van der Waals surface area contributed by atoms with Gasteiger partial charge >= 0.3 is 0 Å². The lowest BCUT2D eigenvalue weighted by molar-refractivity contribution is 0.280. The van der Waals surface area contributed by atoms with E-state index in [1.54, 1.807) is 19.2 Å². The van der Waals surface area contributed by atoms with Crippen molar-refractivity contribution in [3.63, 3.8) is 0 Å². The lowest BCUT2D eigenvalue weighted by atomic mass is 10.1. The standard InChI is InChI=1S/C20H27FN2O2/c1-3-22-12-5-13-23-14-17-6-4-7-19(24-2)20(17)25-15-16-8-10-18(21)11-9-16/h4,6-11,22-23H,3,5,12-15H2,1-2H3. The van der Waals surface area contributed by atoms with Crippen LogP contribution in [0.5, 0.6) is 11.5 Å². The molecule has 0 radical (unpaired) electrons. The number of ether oxygens (including phenoxy) is 2. The van der Waals surface area contributed by atoms with Gasteiger partial charge in [0.2, 0.25) is 0 Å². The van der Waals surface area contributed by atoms with Crippen LogP contribution in [0.4, 0.5) is 4.39 Å². The second kappa shape index (κ2) is 10.7. The third kappa shape index (κ3) is 6.36. The molecule has 0 atom stereocenters. The Kier molecular flexibility index (Phi) is 8.22. The summed E-state index contributed by atoms with van der Waals surface area (Å²) in [5.41, 5.74) is 1.96. The number of halogens is 1. The van der Waals surface area contributed by atoms with Crippen molar-refractivity contribution < 1.29 is 13.9 Å². The molecule has 2 N–H and O–H groups in total. The summed E-state index contributed by atoms with van der Waals surface area (Å²) in [4.78, 5) is 0. The van der Waals surface area contributed by atoms with Crippen molar-refractivity contribution in [1.29, 1.82) is 0 Å². The van der Waals surface area contributed by atoms with Crippen LogP contribution in [0.1, 0.15) is 24.5 Å². The van der Waals surface area contributed by atoms with Gasteiger partial charge in [0.15, 0.2) is 11.5 Å². The van der Waals surface area contributed by atoms with Crippen molar-refractivity contribution in [2.24, 2.45) is 0 Å². The number of hydrogen-bond acceptors (Lipinski definition) is 4. The highest BCUT2D eigenvalue weighted by atomic mass is 19.1. The Hall–Kier alpha value is -2.11. The lowest BCUT2D eigenvalue weighted by Gasteiger charge is -2.16. The Balaban J connectivity index is 1.96. The molecule has 25 heavy (non-hydrogen) atoms. The van der Waals surface area contributed by atoms with E-state index in [1.165, 1.54) is 12.1 Å². The van der Waals surface area contributed by atoms with E-state index in [4.69, 9.17) is 9.47 Å². The minimum absolute atomic E-state index is 0.247. The Morgan fingerprint density at radius 1 is 1.00 bits per heavy atom. The molecule has 136 valence electrons. The predicted molar refractivity (Wildman–Crippen MR) is 98.6 cm³/mol. The molecule has 0 spiro atoms. The van der Waals surface area contributed by atoms with Gasteiger partial charge in [0.1, 0.15) is 12.4 Å². The summed E-state index contributed by atoms with van der Waals surface area (Å²) in [6.07, 6.45) is 1.07. The smallest absolute Gasteiger partial charge is 0.166 e. The minimum atomic E-state index is -0.247. The summed E-state index contributed by atoms with van der Waals surface area (Å²) >= 11 is 0. The second-order valence-corrected chi connectivity index (χ2v) is 5.75. The van der Waals surface area contributed by atoms with Gasteiger partial charge in [0, 0.05) is 12.1 Å². The van der Waals surface area contributed by atoms with Crippen molar-refractivity contribution in [1.82, 2.24) is 10.6 Å². The number of para-hydroxylation sites is 1. The van der Waals surface area contributed by atoms with Gasteiger partial charge < -0.3 is 20.1 Å².